The highest BCUT2D eigenvalue weighted by molar-refractivity contribution is 7.15. The van der Waals surface area contributed by atoms with Crippen molar-refractivity contribution in [3.63, 3.8) is 0 Å². The summed E-state index contributed by atoms with van der Waals surface area (Å²) in [6.45, 7) is 3.88. The second kappa shape index (κ2) is 4.47. The van der Waals surface area contributed by atoms with Crippen LogP contribution >= 0.6 is 11.3 Å². The Bertz CT molecular complexity index is 666. The van der Waals surface area contributed by atoms with E-state index in [4.69, 9.17) is 0 Å². The molecule has 19 heavy (non-hydrogen) atoms. The average Bonchev–Trinajstić information content (AvgIpc) is 2.89. The standard InChI is InChI=1S/C15H16N2OS/c1-11-3-5-12(6-4-11)15(2,18)9-13-10-17-7-8-19-14(17)16-13/h3-8,10,18H,9H2,1-2H3. The highest BCUT2D eigenvalue weighted by atomic mass is 32.1. The molecule has 0 aliphatic heterocycles. The Hall–Kier alpha value is -1.65. The zero-order chi connectivity index (χ0) is 13.5. The smallest absolute Gasteiger partial charge is 0.193 e. The molecule has 3 rings (SSSR count). The van der Waals surface area contributed by atoms with Gasteiger partial charge in [-0.25, -0.2) is 4.98 Å². The third-order valence-corrected chi connectivity index (χ3v) is 4.11. The molecule has 0 saturated heterocycles. The molecule has 2 heterocycles. The van der Waals surface area contributed by atoms with Crippen LogP contribution in [0.2, 0.25) is 0 Å². The Morgan fingerprint density at radius 2 is 2.05 bits per heavy atom. The van der Waals surface area contributed by atoms with Crippen molar-refractivity contribution >= 4 is 16.3 Å². The van der Waals surface area contributed by atoms with Crippen LogP contribution in [0.5, 0.6) is 0 Å². The first-order chi connectivity index (χ1) is 9.04. The molecule has 1 unspecified atom stereocenters. The zero-order valence-electron chi connectivity index (χ0n) is 11.0. The van der Waals surface area contributed by atoms with Crippen molar-refractivity contribution in [3.05, 3.63) is 58.9 Å². The quantitative estimate of drug-likeness (QED) is 0.795. The molecule has 3 nitrogen and oxygen atoms in total. The number of fused-ring (bicyclic) bond motifs is 1. The molecule has 0 fully saturated rings. The van der Waals surface area contributed by atoms with Gasteiger partial charge in [0.2, 0.25) is 0 Å². The van der Waals surface area contributed by atoms with Crippen LogP contribution in [0.1, 0.15) is 23.7 Å². The molecule has 1 atom stereocenters. The maximum Gasteiger partial charge on any atom is 0.193 e. The summed E-state index contributed by atoms with van der Waals surface area (Å²) in [5.74, 6) is 0. The van der Waals surface area contributed by atoms with E-state index in [-0.39, 0.29) is 0 Å². The van der Waals surface area contributed by atoms with E-state index in [9.17, 15) is 5.11 Å². The molecule has 1 N–H and O–H groups in total. The Labute approximate surface area is 116 Å². The van der Waals surface area contributed by atoms with Gasteiger partial charge >= 0.3 is 0 Å². The molecular formula is C15H16N2OS. The Kier molecular flexibility index (Phi) is 2.92. The van der Waals surface area contributed by atoms with Crippen molar-refractivity contribution in [2.75, 3.05) is 0 Å². The lowest BCUT2D eigenvalue weighted by Gasteiger charge is -2.23. The molecule has 3 aromatic rings. The van der Waals surface area contributed by atoms with Gasteiger partial charge in [-0.1, -0.05) is 29.8 Å². The van der Waals surface area contributed by atoms with E-state index in [1.165, 1.54) is 5.56 Å². The summed E-state index contributed by atoms with van der Waals surface area (Å²) in [6, 6.07) is 8.01. The van der Waals surface area contributed by atoms with Gasteiger partial charge < -0.3 is 5.11 Å². The maximum atomic E-state index is 10.6. The van der Waals surface area contributed by atoms with E-state index in [0.29, 0.717) is 6.42 Å². The number of thiazole rings is 1. The van der Waals surface area contributed by atoms with Gasteiger partial charge in [0, 0.05) is 24.2 Å². The molecule has 4 heteroatoms. The molecule has 0 aliphatic rings. The van der Waals surface area contributed by atoms with Crippen molar-refractivity contribution < 1.29 is 5.11 Å². The fourth-order valence-electron chi connectivity index (χ4n) is 2.23. The van der Waals surface area contributed by atoms with Gasteiger partial charge in [-0.15, -0.1) is 11.3 Å². The first-order valence-electron chi connectivity index (χ1n) is 6.25. The van der Waals surface area contributed by atoms with Gasteiger partial charge in [0.25, 0.3) is 0 Å². The van der Waals surface area contributed by atoms with E-state index in [1.54, 1.807) is 11.3 Å². The van der Waals surface area contributed by atoms with Crippen LogP contribution in [0.15, 0.2) is 42.0 Å². The van der Waals surface area contributed by atoms with Crippen LogP contribution in [-0.4, -0.2) is 14.5 Å². The van der Waals surface area contributed by atoms with E-state index in [2.05, 4.69) is 4.98 Å². The summed E-state index contributed by atoms with van der Waals surface area (Å²) in [5, 5.41) is 12.7. The number of aliphatic hydroxyl groups is 1. The minimum atomic E-state index is -0.891. The predicted octanol–water partition coefficient (Wildman–Crippen LogP) is 3.15. The topological polar surface area (TPSA) is 37.5 Å². The monoisotopic (exact) mass is 272 g/mol. The fraction of sp³-hybridized carbons (Fsp3) is 0.267. The van der Waals surface area contributed by atoms with Gasteiger partial charge in [-0.3, -0.25) is 4.40 Å². The number of aryl methyl sites for hydroxylation is 1. The number of rotatable bonds is 3. The first kappa shape index (κ1) is 12.4. The lowest BCUT2D eigenvalue weighted by atomic mass is 9.91. The zero-order valence-corrected chi connectivity index (χ0v) is 11.8. The maximum absolute atomic E-state index is 10.6. The summed E-state index contributed by atoms with van der Waals surface area (Å²) in [6.07, 6.45) is 4.48. The summed E-state index contributed by atoms with van der Waals surface area (Å²) in [4.78, 5) is 5.49. The molecule has 1 aromatic carbocycles. The van der Waals surface area contributed by atoms with E-state index in [1.807, 2.05) is 60.3 Å². The number of hydrogen-bond acceptors (Lipinski definition) is 3. The SMILES string of the molecule is Cc1ccc(C(C)(O)Cc2cn3ccsc3n2)cc1. The van der Waals surface area contributed by atoms with Crippen LogP contribution in [0, 0.1) is 6.92 Å². The van der Waals surface area contributed by atoms with Crippen LogP contribution < -0.4 is 0 Å². The minimum absolute atomic E-state index is 0.518. The molecular weight excluding hydrogens is 256 g/mol. The molecule has 0 spiro atoms. The number of imidazole rings is 1. The van der Waals surface area contributed by atoms with E-state index >= 15 is 0 Å². The largest absolute Gasteiger partial charge is 0.385 e. The highest BCUT2D eigenvalue weighted by Gasteiger charge is 2.24. The summed E-state index contributed by atoms with van der Waals surface area (Å²) < 4.78 is 1.99. The van der Waals surface area contributed by atoms with Gasteiger partial charge in [-0.2, -0.15) is 0 Å². The van der Waals surface area contributed by atoms with Crippen molar-refractivity contribution in [3.8, 4) is 0 Å². The van der Waals surface area contributed by atoms with Crippen LogP contribution in [0.4, 0.5) is 0 Å². The normalized spacial score (nSPS) is 14.7. The van der Waals surface area contributed by atoms with Crippen molar-refractivity contribution in [2.45, 2.75) is 25.9 Å². The lowest BCUT2D eigenvalue weighted by Crippen LogP contribution is -2.24. The molecule has 0 radical (unpaired) electrons. The molecule has 0 saturated carbocycles. The third kappa shape index (κ3) is 2.41. The number of hydrogen-bond donors (Lipinski definition) is 1. The van der Waals surface area contributed by atoms with E-state index < -0.39 is 5.60 Å². The Balaban J connectivity index is 1.88. The molecule has 2 aromatic heterocycles. The molecule has 98 valence electrons. The van der Waals surface area contributed by atoms with Gasteiger partial charge in [0.05, 0.1) is 11.3 Å². The molecule has 0 amide bonds. The molecule has 0 aliphatic carbocycles. The van der Waals surface area contributed by atoms with Gasteiger partial charge in [0.15, 0.2) is 4.96 Å². The number of aromatic nitrogens is 2. The Morgan fingerprint density at radius 1 is 1.32 bits per heavy atom. The summed E-state index contributed by atoms with van der Waals surface area (Å²) >= 11 is 1.60. The first-order valence-corrected chi connectivity index (χ1v) is 7.13. The highest BCUT2D eigenvalue weighted by Crippen LogP contribution is 2.26. The van der Waals surface area contributed by atoms with Crippen molar-refractivity contribution in [1.82, 2.24) is 9.38 Å². The van der Waals surface area contributed by atoms with E-state index in [0.717, 1.165) is 16.2 Å². The predicted molar refractivity (Wildman–Crippen MR) is 77.5 cm³/mol. The van der Waals surface area contributed by atoms with Crippen LogP contribution in [0.25, 0.3) is 4.96 Å². The Morgan fingerprint density at radius 3 is 2.74 bits per heavy atom. The lowest BCUT2D eigenvalue weighted by molar-refractivity contribution is 0.0567. The summed E-state index contributed by atoms with van der Waals surface area (Å²) in [5.41, 5.74) is 2.14. The summed E-state index contributed by atoms with van der Waals surface area (Å²) in [7, 11) is 0. The second-order valence-electron chi connectivity index (χ2n) is 5.14. The fourth-order valence-corrected chi connectivity index (χ4v) is 2.95. The van der Waals surface area contributed by atoms with Crippen LogP contribution in [-0.2, 0) is 12.0 Å². The number of nitrogens with zero attached hydrogens (tertiary/aromatic N) is 2. The van der Waals surface area contributed by atoms with Crippen LogP contribution in [0.3, 0.4) is 0 Å². The van der Waals surface area contributed by atoms with Crippen molar-refractivity contribution in [1.29, 1.82) is 0 Å². The average molecular weight is 272 g/mol. The van der Waals surface area contributed by atoms with Gasteiger partial charge in [-0.05, 0) is 19.4 Å². The second-order valence-corrected chi connectivity index (χ2v) is 6.01. The number of benzene rings is 1. The molecule has 0 bridgehead atoms. The van der Waals surface area contributed by atoms with Gasteiger partial charge in [0.1, 0.15) is 0 Å². The minimum Gasteiger partial charge on any atom is -0.385 e. The third-order valence-electron chi connectivity index (χ3n) is 3.34. The van der Waals surface area contributed by atoms with Crippen molar-refractivity contribution in [2.24, 2.45) is 0 Å².